The lowest BCUT2D eigenvalue weighted by Gasteiger charge is -2.27. The van der Waals surface area contributed by atoms with Crippen LogP contribution in [0, 0.1) is 5.92 Å². The number of anilines is 1. The highest BCUT2D eigenvalue weighted by Crippen LogP contribution is 2.34. The first-order valence-electron chi connectivity index (χ1n) is 7.43. The third-order valence-corrected chi connectivity index (χ3v) is 4.34. The van der Waals surface area contributed by atoms with Crippen LogP contribution >= 0.6 is 11.6 Å². The lowest BCUT2D eigenvalue weighted by atomic mass is 10.0. The van der Waals surface area contributed by atoms with Crippen molar-refractivity contribution in [3.05, 3.63) is 28.8 Å². The molecule has 0 heterocycles. The monoisotopic (exact) mass is 280 g/mol. The second kappa shape index (κ2) is 6.62. The number of hydrogen-bond acceptors (Lipinski definition) is 2. The Labute approximate surface area is 121 Å². The molecule has 0 aliphatic heterocycles. The number of hydrogen-bond donors (Lipinski definition) is 1. The fourth-order valence-electron chi connectivity index (χ4n) is 2.46. The summed E-state index contributed by atoms with van der Waals surface area (Å²) in [7, 11) is 0. The summed E-state index contributed by atoms with van der Waals surface area (Å²) in [6.07, 6.45) is 4.60. The molecule has 1 aromatic carbocycles. The molecule has 2 N–H and O–H groups in total. The van der Waals surface area contributed by atoms with E-state index in [9.17, 15) is 0 Å². The summed E-state index contributed by atoms with van der Waals surface area (Å²) in [6, 6.07) is 6.41. The van der Waals surface area contributed by atoms with Crippen LogP contribution in [0.25, 0.3) is 0 Å². The molecule has 1 aromatic rings. The molecule has 1 fully saturated rings. The molecule has 106 valence electrons. The normalized spacial score (nSPS) is 16.4. The van der Waals surface area contributed by atoms with Gasteiger partial charge in [-0.2, -0.15) is 0 Å². The molecule has 2 rings (SSSR count). The van der Waals surface area contributed by atoms with E-state index in [2.05, 4.69) is 24.8 Å². The average molecular weight is 281 g/mol. The van der Waals surface area contributed by atoms with Crippen LogP contribution in [0.15, 0.2) is 18.2 Å². The molecule has 1 aliphatic rings. The molecule has 1 saturated carbocycles. The van der Waals surface area contributed by atoms with Crippen LogP contribution in [-0.4, -0.2) is 19.1 Å². The summed E-state index contributed by atoms with van der Waals surface area (Å²) in [4.78, 5) is 2.46. The van der Waals surface area contributed by atoms with Gasteiger partial charge in [0.05, 0.1) is 0 Å². The van der Waals surface area contributed by atoms with Crippen molar-refractivity contribution in [2.24, 2.45) is 11.7 Å². The Bertz CT molecular complexity index is 415. The standard InChI is InChI=1S/C16H25ClN2/c1-3-13(18)10-14-15(17)6-5-7-16(14)19(4-2)11-12-8-9-12/h5-7,12-13H,3-4,8-11,18H2,1-2H3. The minimum Gasteiger partial charge on any atom is -0.371 e. The van der Waals surface area contributed by atoms with Crippen LogP contribution in [0.3, 0.4) is 0 Å². The van der Waals surface area contributed by atoms with Crippen LogP contribution < -0.4 is 10.6 Å². The molecular weight excluding hydrogens is 256 g/mol. The fraction of sp³-hybridized carbons (Fsp3) is 0.625. The van der Waals surface area contributed by atoms with Gasteiger partial charge in [-0.3, -0.25) is 0 Å². The van der Waals surface area contributed by atoms with Crippen LogP contribution in [0.1, 0.15) is 38.7 Å². The first kappa shape index (κ1) is 14.7. The molecule has 0 saturated heterocycles. The van der Waals surface area contributed by atoms with Crippen molar-refractivity contribution in [1.82, 2.24) is 0 Å². The van der Waals surface area contributed by atoms with Gasteiger partial charge in [-0.25, -0.2) is 0 Å². The third-order valence-electron chi connectivity index (χ3n) is 3.98. The predicted octanol–water partition coefficient (Wildman–Crippen LogP) is 3.86. The van der Waals surface area contributed by atoms with Crippen molar-refractivity contribution in [1.29, 1.82) is 0 Å². The summed E-state index contributed by atoms with van der Waals surface area (Å²) in [5.41, 5.74) is 8.63. The highest BCUT2D eigenvalue weighted by atomic mass is 35.5. The van der Waals surface area contributed by atoms with Gasteiger partial charge in [-0.05, 0) is 56.2 Å². The number of benzene rings is 1. The molecule has 1 unspecified atom stereocenters. The molecule has 1 atom stereocenters. The summed E-state index contributed by atoms with van der Waals surface area (Å²) in [5, 5.41) is 0.857. The first-order chi connectivity index (χ1) is 9.15. The molecule has 0 bridgehead atoms. The summed E-state index contributed by atoms with van der Waals surface area (Å²) >= 11 is 6.40. The molecule has 19 heavy (non-hydrogen) atoms. The van der Waals surface area contributed by atoms with E-state index in [1.165, 1.54) is 24.1 Å². The molecule has 0 spiro atoms. The summed E-state index contributed by atoms with van der Waals surface area (Å²) in [6.45, 7) is 6.53. The second-order valence-electron chi connectivity index (χ2n) is 5.59. The molecule has 2 nitrogen and oxygen atoms in total. The van der Waals surface area contributed by atoms with E-state index in [1.54, 1.807) is 0 Å². The molecule has 0 amide bonds. The highest BCUT2D eigenvalue weighted by Gasteiger charge is 2.25. The molecule has 0 radical (unpaired) electrons. The Hall–Kier alpha value is -0.730. The van der Waals surface area contributed by atoms with Crippen molar-refractivity contribution < 1.29 is 0 Å². The second-order valence-corrected chi connectivity index (χ2v) is 6.00. The Balaban J connectivity index is 2.23. The quantitative estimate of drug-likeness (QED) is 0.822. The van der Waals surface area contributed by atoms with Gasteiger partial charge < -0.3 is 10.6 Å². The zero-order valence-corrected chi connectivity index (χ0v) is 12.8. The number of rotatable bonds is 7. The van der Waals surface area contributed by atoms with E-state index in [1.807, 2.05) is 12.1 Å². The summed E-state index contributed by atoms with van der Waals surface area (Å²) in [5.74, 6) is 0.881. The van der Waals surface area contributed by atoms with Crippen molar-refractivity contribution in [3.63, 3.8) is 0 Å². The third kappa shape index (κ3) is 3.87. The minimum atomic E-state index is 0.193. The van der Waals surface area contributed by atoms with Crippen molar-refractivity contribution in [2.75, 3.05) is 18.0 Å². The van der Waals surface area contributed by atoms with Crippen molar-refractivity contribution in [2.45, 2.75) is 45.6 Å². The summed E-state index contributed by atoms with van der Waals surface area (Å²) < 4.78 is 0. The maximum atomic E-state index is 6.40. The van der Waals surface area contributed by atoms with Crippen LogP contribution in [0.5, 0.6) is 0 Å². The van der Waals surface area contributed by atoms with Gasteiger partial charge >= 0.3 is 0 Å². The maximum Gasteiger partial charge on any atom is 0.0459 e. The number of nitrogens with two attached hydrogens (primary N) is 1. The van der Waals surface area contributed by atoms with Crippen LogP contribution in [0.2, 0.25) is 5.02 Å². The average Bonchev–Trinajstić information content (AvgIpc) is 3.22. The lowest BCUT2D eigenvalue weighted by Crippen LogP contribution is -2.28. The molecular formula is C16H25ClN2. The van der Waals surface area contributed by atoms with Gasteiger partial charge in [0.25, 0.3) is 0 Å². The molecule has 0 aromatic heterocycles. The zero-order valence-electron chi connectivity index (χ0n) is 12.0. The molecule has 1 aliphatic carbocycles. The largest absolute Gasteiger partial charge is 0.371 e. The SMILES string of the molecule is CCC(N)Cc1c(Cl)cccc1N(CC)CC1CC1. The van der Waals surface area contributed by atoms with Crippen LogP contribution in [-0.2, 0) is 6.42 Å². The van der Waals surface area contributed by atoms with Gasteiger partial charge in [-0.1, -0.05) is 24.6 Å². The van der Waals surface area contributed by atoms with E-state index in [0.717, 1.165) is 36.9 Å². The van der Waals surface area contributed by atoms with Crippen molar-refractivity contribution >= 4 is 17.3 Å². The zero-order chi connectivity index (χ0) is 13.8. The van der Waals surface area contributed by atoms with Gasteiger partial charge in [0.15, 0.2) is 0 Å². The van der Waals surface area contributed by atoms with Gasteiger partial charge in [0.1, 0.15) is 0 Å². The van der Waals surface area contributed by atoms with Crippen LogP contribution in [0.4, 0.5) is 5.69 Å². The van der Waals surface area contributed by atoms with E-state index >= 15 is 0 Å². The minimum absolute atomic E-state index is 0.193. The van der Waals surface area contributed by atoms with E-state index in [0.29, 0.717) is 0 Å². The first-order valence-corrected chi connectivity index (χ1v) is 7.81. The smallest absolute Gasteiger partial charge is 0.0459 e. The maximum absolute atomic E-state index is 6.40. The Morgan fingerprint density at radius 3 is 2.68 bits per heavy atom. The van der Waals surface area contributed by atoms with Gasteiger partial charge in [0.2, 0.25) is 0 Å². The van der Waals surface area contributed by atoms with Gasteiger partial charge in [0, 0.05) is 29.8 Å². The Morgan fingerprint density at radius 1 is 1.37 bits per heavy atom. The molecule has 3 heteroatoms. The van der Waals surface area contributed by atoms with Crippen molar-refractivity contribution in [3.8, 4) is 0 Å². The Morgan fingerprint density at radius 2 is 2.11 bits per heavy atom. The lowest BCUT2D eigenvalue weighted by molar-refractivity contribution is 0.642. The predicted molar refractivity (Wildman–Crippen MR) is 84.0 cm³/mol. The topological polar surface area (TPSA) is 29.3 Å². The van der Waals surface area contributed by atoms with E-state index in [-0.39, 0.29) is 6.04 Å². The highest BCUT2D eigenvalue weighted by molar-refractivity contribution is 6.31. The van der Waals surface area contributed by atoms with E-state index in [4.69, 9.17) is 17.3 Å². The van der Waals surface area contributed by atoms with E-state index < -0.39 is 0 Å². The Kier molecular flexibility index (Phi) is 5.12. The number of nitrogens with zero attached hydrogens (tertiary/aromatic N) is 1. The fourth-order valence-corrected chi connectivity index (χ4v) is 2.71. The number of halogens is 1. The van der Waals surface area contributed by atoms with Gasteiger partial charge in [-0.15, -0.1) is 0 Å².